The van der Waals surface area contributed by atoms with Crippen molar-refractivity contribution in [3.05, 3.63) is 17.4 Å². The molecule has 0 aromatic rings. The van der Waals surface area contributed by atoms with E-state index in [1.807, 2.05) is 6.92 Å². The van der Waals surface area contributed by atoms with Crippen molar-refractivity contribution in [1.82, 2.24) is 0 Å². The first-order valence-corrected chi connectivity index (χ1v) is 6.52. The van der Waals surface area contributed by atoms with Crippen LogP contribution in [-0.2, 0) is 9.53 Å². The van der Waals surface area contributed by atoms with Crippen LogP contribution in [0, 0.1) is 5.41 Å². The van der Waals surface area contributed by atoms with E-state index in [0.29, 0.717) is 13.0 Å². The van der Waals surface area contributed by atoms with Gasteiger partial charge in [0.2, 0.25) is 0 Å². The molecule has 0 radical (unpaired) electrons. The van der Waals surface area contributed by atoms with Crippen LogP contribution < -0.4 is 0 Å². The highest BCUT2D eigenvalue weighted by atomic mass is 16.5. The molecule has 0 amide bonds. The van der Waals surface area contributed by atoms with Gasteiger partial charge in [0, 0.05) is 0 Å². The summed E-state index contributed by atoms with van der Waals surface area (Å²) in [6, 6.07) is 0. The van der Waals surface area contributed by atoms with Gasteiger partial charge in [-0.3, -0.25) is 4.79 Å². The molecule has 98 valence electrons. The Morgan fingerprint density at radius 1 is 1.29 bits per heavy atom. The molecule has 0 saturated heterocycles. The second kappa shape index (κ2) is 8.14. The largest absolute Gasteiger partial charge is 0.466 e. The van der Waals surface area contributed by atoms with Gasteiger partial charge in [0.25, 0.3) is 0 Å². The second-order valence-electron chi connectivity index (χ2n) is 5.19. The standard InChI is InChI=1S/C15H26O2/c1-6-8-10-13(15(3,4)5)11-9-12-14(16)17-7-2/h9H,6-8,10,12H2,1-5H3. The third kappa shape index (κ3) is 7.82. The van der Waals surface area contributed by atoms with Crippen LogP contribution in [0.15, 0.2) is 17.4 Å². The van der Waals surface area contributed by atoms with Crippen molar-refractivity contribution >= 4 is 5.97 Å². The minimum Gasteiger partial charge on any atom is -0.466 e. The van der Waals surface area contributed by atoms with E-state index in [-0.39, 0.29) is 11.4 Å². The van der Waals surface area contributed by atoms with E-state index in [1.54, 1.807) is 6.08 Å². The monoisotopic (exact) mass is 238 g/mol. The molecule has 0 atom stereocenters. The number of hydrogen-bond acceptors (Lipinski definition) is 2. The predicted octanol–water partition coefficient (Wildman–Crippen LogP) is 4.26. The average molecular weight is 238 g/mol. The summed E-state index contributed by atoms with van der Waals surface area (Å²) in [5, 5.41) is 0. The summed E-state index contributed by atoms with van der Waals surface area (Å²) in [5.74, 6) is -0.177. The van der Waals surface area contributed by atoms with E-state index < -0.39 is 0 Å². The zero-order valence-corrected chi connectivity index (χ0v) is 11.9. The number of unbranched alkanes of at least 4 members (excludes halogenated alkanes) is 1. The van der Waals surface area contributed by atoms with E-state index in [1.165, 1.54) is 18.4 Å². The van der Waals surface area contributed by atoms with Gasteiger partial charge >= 0.3 is 5.97 Å². The van der Waals surface area contributed by atoms with E-state index in [0.717, 1.165) is 6.42 Å². The fourth-order valence-corrected chi connectivity index (χ4v) is 1.49. The lowest BCUT2D eigenvalue weighted by atomic mass is 9.84. The number of hydrogen-bond donors (Lipinski definition) is 0. The Kier molecular flexibility index (Phi) is 7.65. The van der Waals surface area contributed by atoms with Gasteiger partial charge in [-0.15, -0.1) is 5.73 Å². The van der Waals surface area contributed by atoms with E-state index >= 15 is 0 Å². The highest BCUT2D eigenvalue weighted by Gasteiger charge is 2.15. The highest BCUT2D eigenvalue weighted by molar-refractivity contribution is 5.71. The van der Waals surface area contributed by atoms with Crippen molar-refractivity contribution in [2.45, 2.75) is 60.3 Å². The van der Waals surface area contributed by atoms with Gasteiger partial charge in [0.15, 0.2) is 0 Å². The molecule has 0 aliphatic carbocycles. The zero-order chi connectivity index (χ0) is 13.3. The number of carbonyl (C=O) groups is 1. The molecule has 0 aliphatic rings. The van der Waals surface area contributed by atoms with Crippen LogP contribution in [0.4, 0.5) is 0 Å². The van der Waals surface area contributed by atoms with Crippen LogP contribution in [0.25, 0.3) is 0 Å². The summed E-state index contributed by atoms with van der Waals surface area (Å²) >= 11 is 0. The third-order valence-electron chi connectivity index (χ3n) is 2.54. The minimum absolute atomic E-state index is 0.125. The number of esters is 1. The normalized spacial score (nSPS) is 10.6. The lowest BCUT2D eigenvalue weighted by molar-refractivity contribution is -0.142. The molecule has 0 rings (SSSR count). The summed E-state index contributed by atoms with van der Waals surface area (Å²) in [6.07, 6.45) is 5.53. The summed E-state index contributed by atoms with van der Waals surface area (Å²) in [6.45, 7) is 11.0. The van der Waals surface area contributed by atoms with Gasteiger partial charge in [-0.05, 0) is 36.8 Å². The van der Waals surface area contributed by atoms with Gasteiger partial charge in [0.1, 0.15) is 0 Å². The number of rotatable bonds is 6. The molecule has 2 heteroatoms. The molecule has 0 bridgehead atoms. The summed E-state index contributed by atoms with van der Waals surface area (Å²) in [5.41, 5.74) is 4.68. The van der Waals surface area contributed by atoms with E-state index in [9.17, 15) is 4.79 Å². The summed E-state index contributed by atoms with van der Waals surface area (Å²) in [7, 11) is 0. The van der Waals surface area contributed by atoms with Crippen LogP contribution in [0.5, 0.6) is 0 Å². The summed E-state index contributed by atoms with van der Waals surface area (Å²) < 4.78 is 4.87. The maximum absolute atomic E-state index is 11.2. The Morgan fingerprint density at radius 3 is 2.41 bits per heavy atom. The van der Waals surface area contributed by atoms with Gasteiger partial charge < -0.3 is 4.74 Å². The molecule has 0 spiro atoms. The van der Waals surface area contributed by atoms with Gasteiger partial charge in [-0.1, -0.05) is 34.1 Å². The Labute approximate surface area is 106 Å². The molecule has 0 N–H and O–H groups in total. The zero-order valence-electron chi connectivity index (χ0n) is 11.9. The van der Waals surface area contributed by atoms with Gasteiger partial charge in [-0.2, -0.15) is 0 Å². The maximum atomic E-state index is 11.2. The molecule has 0 saturated carbocycles. The average Bonchev–Trinajstić information content (AvgIpc) is 2.21. The topological polar surface area (TPSA) is 26.3 Å². The summed E-state index contributed by atoms with van der Waals surface area (Å²) in [4.78, 5) is 11.2. The third-order valence-corrected chi connectivity index (χ3v) is 2.54. The van der Waals surface area contributed by atoms with E-state index in [2.05, 4.69) is 33.4 Å². The molecular weight excluding hydrogens is 212 g/mol. The first kappa shape index (κ1) is 16.0. The fourth-order valence-electron chi connectivity index (χ4n) is 1.49. The van der Waals surface area contributed by atoms with Crippen molar-refractivity contribution in [2.24, 2.45) is 5.41 Å². The number of carbonyl (C=O) groups excluding carboxylic acids is 1. The van der Waals surface area contributed by atoms with Crippen molar-refractivity contribution in [3.63, 3.8) is 0 Å². The van der Waals surface area contributed by atoms with Crippen LogP contribution >= 0.6 is 0 Å². The van der Waals surface area contributed by atoms with Crippen molar-refractivity contribution < 1.29 is 9.53 Å². The Hall–Kier alpha value is -1.01. The van der Waals surface area contributed by atoms with Crippen LogP contribution in [0.2, 0.25) is 0 Å². The van der Waals surface area contributed by atoms with Crippen LogP contribution in [-0.4, -0.2) is 12.6 Å². The lowest BCUT2D eigenvalue weighted by Crippen LogP contribution is -2.08. The van der Waals surface area contributed by atoms with E-state index in [4.69, 9.17) is 4.74 Å². The molecule has 0 fully saturated rings. The van der Waals surface area contributed by atoms with Crippen molar-refractivity contribution in [1.29, 1.82) is 0 Å². The van der Waals surface area contributed by atoms with Gasteiger partial charge in [0.05, 0.1) is 13.0 Å². The van der Waals surface area contributed by atoms with Crippen LogP contribution in [0.3, 0.4) is 0 Å². The molecule has 0 heterocycles. The second-order valence-corrected chi connectivity index (χ2v) is 5.19. The molecular formula is C15H26O2. The minimum atomic E-state index is -0.177. The lowest BCUT2D eigenvalue weighted by Gasteiger charge is -2.20. The maximum Gasteiger partial charge on any atom is 0.310 e. The molecule has 0 unspecified atom stereocenters. The molecule has 0 aromatic heterocycles. The van der Waals surface area contributed by atoms with Crippen molar-refractivity contribution in [2.75, 3.05) is 6.61 Å². The van der Waals surface area contributed by atoms with Crippen molar-refractivity contribution in [3.8, 4) is 0 Å². The Balaban J connectivity index is 4.56. The first-order valence-electron chi connectivity index (χ1n) is 6.52. The Bertz CT molecular complexity index is 289. The van der Waals surface area contributed by atoms with Crippen LogP contribution in [0.1, 0.15) is 60.3 Å². The fraction of sp³-hybridized carbons (Fsp3) is 0.733. The number of ether oxygens (including phenoxy) is 1. The molecule has 0 aliphatic heterocycles. The molecule has 2 nitrogen and oxygen atoms in total. The quantitative estimate of drug-likeness (QED) is 0.510. The first-order chi connectivity index (χ1) is 7.91. The SMILES string of the molecule is CCCCC(=C=CCC(=O)OCC)C(C)(C)C. The molecule has 17 heavy (non-hydrogen) atoms. The smallest absolute Gasteiger partial charge is 0.310 e. The Morgan fingerprint density at radius 2 is 1.94 bits per heavy atom. The highest BCUT2D eigenvalue weighted by Crippen LogP contribution is 2.28. The molecule has 0 aromatic carbocycles. The van der Waals surface area contributed by atoms with Gasteiger partial charge in [-0.25, -0.2) is 0 Å². The predicted molar refractivity (Wildman–Crippen MR) is 71.8 cm³/mol.